The van der Waals surface area contributed by atoms with Crippen molar-refractivity contribution in [3.63, 3.8) is 0 Å². The normalized spacial score (nSPS) is 33.0. The minimum Gasteiger partial charge on any atom is -0.394 e. The van der Waals surface area contributed by atoms with Crippen LogP contribution >= 0.6 is 0 Å². The van der Waals surface area contributed by atoms with Gasteiger partial charge in [0.1, 0.15) is 0 Å². The van der Waals surface area contributed by atoms with E-state index in [-0.39, 0.29) is 12.1 Å². The number of ether oxygens (including phenoxy) is 1. The summed E-state index contributed by atoms with van der Waals surface area (Å²) < 4.78 is 5.28. The molecule has 2 fully saturated rings. The molecule has 2 aliphatic carbocycles. The quantitative estimate of drug-likeness (QED) is 0.696. The Morgan fingerprint density at radius 2 is 2.16 bits per heavy atom. The van der Waals surface area contributed by atoms with E-state index in [0.29, 0.717) is 12.1 Å². The second kappa shape index (κ2) is 6.53. The summed E-state index contributed by atoms with van der Waals surface area (Å²) in [4.78, 5) is 2.63. The van der Waals surface area contributed by atoms with Crippen molar-refractivity contribution in [3.8, 4) is 0 Å². The molecule has 0 heterocycles. The number of methoxy groups -OCH3 is 1. The lowest BCUT2D eigenvalue weighted by atomic mass is 9.98. The molecule has 0 aromatic carbocycles. The second-order valence-electron chi connectivity index (χ2n) is 6.39. The Labute approximate surface area is 117 Å². The molecule has 19 heavy (non-hydrogen) atoms. The second-order valence-corrected chi connectivity index (χ2v) is 6.39. The van der Waals surface area contributed by atoms with Gasteiger partial charge >= 0.3 is 0 Å². The van der Waals surface area contributed by atoms with Crippen LogP contribution in [0.25, 0.3) is 0 Å². The highest BCUT2D eigenvalue weighted by Gasteiger charge is 2.43. The minimum atomic E-state index is -0.0563. The number of aliphatic hydroxyl groups excluding tert-OH is 1. The Morgan fingerprint density at radius 3 is 2.63 bits per heavy atom. The van der Waals surface area contributed by atoms with Crippen LogP contribution in [0.4, 0.5) is 0 Å². The van der Waals surface area contributed by atoms with Gasteiger partial charge in [-0.2, -0.15) is 0 Å². The monoisotopic (exact) mass is 270 g/mol. The fourth-order valence-electron chi connectivity index (χ4n) is 3.60. The third-order valence-corrected chi connectivity index (χ3v) is 5.27. The van der Waals surface area contributed by atoms with Crippen LogP contribution in [-0.2, 0) is 4.74 Å². The van der Waals surface area contributed by atoms with Gasteiger partial charge in [-0.05, 0) is 52.0 Å². The largest absolute Gasteiger partial charge is 0.394 e. The van der Waals surface area contributed by atoms with Crippen LogP contribution in [0.15, 0.2) is 0 Å². The molecule has 2 saturated carbocycles. The van der Waals surface area contributed by atoms with Crippen molar-refractivity contribution in [3.05, 3.63) is 0 Å². The van der Waals surface area contributed by atoms with E-state index in [1.165, 1.54) is 19.3 Å². The molecule has 2 N–H and O–H groups in total. The maximum atomic E-state index is 9.65. The molecule has 4 heteroatoms. The molecule has 2 rings (SSSR count). The first-order valence-electron chi connectivity index (χ1n) is 7.70. The summed E-state index contributed by atoms with van der Waals surface area (Å²) in [5, 5.41) is 13.0. The molecule has 4 nitrogen and oxygen atoms in total. The SMILES string of the molecule is CNC1(CO)CCC(N(CCOC)C(C)C2CC2)C1. The summed E-state index contributed by atoms with van der Waals surface area (Å²) in [7, 11) is 3.75. The fraction of sp³-hybridized carbons (Fsp3) is 1.00. The Bertz CT molecular complexity index is 277. The van der Waals surface area contributed by atoms with Crippen LogP contribution in [0.3, 0.4) is 0 Å². The van der Waals surface area contributed by atoms with E-state index in [4.69, 9.17) is 4.74 Å². The Balaban J connectivity index is 1.98. The summed E-state index contributed by atoms with van der Waals surface area (Å²) >= 11 is 0. The van der Waals surface area contributed by atoms with Gasteiger partial charge in [-0.15, -0.1) is 0 Å². The lowest BCUT2D eigenvalue weighted by molar-refractivity contribution is 0.0755. The smallest absolute Gasteiger partial charge is 0.0613 e. The van der Waals surface area contributed by atoms with E-state index in [9.17, 15) is 5.11 Å². The molecule has 0 bridgehead atoms. The van der Waals surface area contributed by atoms with Crippen molar-refractivity contribution < 1.29 is 9.84 Å². The van der Waals surface area contributed by atoms with Gasteiger partial charge in [0.2, 0.25) is 0 Å². The van der Waals surface area contributed by atoms with E-state index >= 15 is 0 Å². The predicted molar refractivity (Wildman–Crippen MR) is 77.3 cm³/mol. The van der Waals surface area contributed by atoms with Gasteiger partial charge in [0, 0.05) is 31.3 Å². The van der Waals surface area contributed by atoms with Crippen LogP contribution in [0.2, 0.25) is 0 Å². The molecule has 0 spiro atoms. The number of nitrogens with one attached hydrogen (secondary N) is 1. The van der Waals surface area contributed by atoms with Crippen LogP contribution in [-0.4, -0.2) is 61.5 Å². The average molecular weight is 270 g/mol. The highest BCUT2D eigenvalue weighted by atomic mass is 16.5. The number of rotatable bonds is 8. The van der Waals surface area contributed by atoms with Gasteiger partial charge in [0.25, 0.3) is 0 Å². The van der Waals surface area contributed by atoms with Crippen LogP contribution in [0, 0.1) is 5.92 Å². The molecule has 0 aromatic heterocycles. The van der Waals surface area contributed by atoms with Gasteiger partial charge in [-0.3, -0.25) is 4.90 Å². The molecule has 0 radical (unpaired) electrons. The fourth-order valence-corrected chi connectivity index (χ4v) is 3.60. The first-order valence-corrected chi connectivity index (χ1v) is 7.70. The van der Waals surface area contributed by atoms with Crippen LogP contribution in [0.1, 0.15) is 39.0 Å². The lowest BCUT2D eigenvalue weighted by Gasteiger charge is -2.36. The number of hydrogen-bond acceptors (Lipinski definition) is 4. The Hall–Kier alpha value is -0.160. The molecule has 112 valence electrons. The molecule has 3 unspecified atom stereocenters. The van der Waals surface area contributed by atoms with E-state index in [1.54, 1.807) is 7.11 Å². The first kappa shape index (κ1) is 15.2. The van der Waals surface area contributed by atoms with Crippen LogP contribution < -0.4 is 5.32 Å². The molecule has 0 amide bonds. The molecule has 0 aromatic rings. The summed E-state index contributed by atoms with van der Waals surface area (Å²) in [6.45, 7) is 4.44. The van der Waals surface area contributed by atoms with Gasteiger partial charge in [-0.25, -0.2) is 0 Å². The zero-order valence-electron chi connectivity index (χ0n) is 12.7. The number of nitrogens with zero attached hydrogens (tertiary/aromatic N) is 1. The van der Waals surface area contributed by atoms with Crippen molar-refractivity contribution in [1.29, 1.82) is 0 Å². The predicted octanol–water partition coefficient (Wildman–Crippen LogP) is 1.24. The zero-order valence-corrected chi connectivity index (χ0v) is 12.7. The van der Waals surface area contributed by atoms with Crippen molar-refractivity contribution in [2.75, 3.05) is 33.9 Å². The van der Waals surface area contributed by atoms with Gasteiger partial charge in [0.15, 0.2) is 0 Å². The topological polar surface area (TPSA) is 44.7 Å². The highest BCUT2D eigenvalue weighted by Crippen LogP contribution is 2.39. The maximum absolute atomic E-state index is 9.65. The van der Waals surface area contributed by atoms with E-state index < -0.39 is 0 Å². The Kier molecular flexibility index (Phi) is 5.23. The number of likely N-dealkylation sites (N-methyl/N-ethyl adjacent to an activating group) is 1. The summed E-state index contributed by atoms with van der Waals surface area (Å²) in [6, 6.07) is 1.25. The molecule has 0 aliphatic heterocycles. The van der Waals surface area contributed by atoms with Crippen molar-refractivity contribution in [2.24, 2.45) is 5.92 Å². The summed E-state index contributed by atoms with van der Waals surface area (Å²) in [5.74, 6) is 0.885. The molecule has 3 atom stereocenters. The van der Waals surface area contributed by atoms with Gasteiger partial charge in [-0.1, -0.05) is 0 Å². The first-order chi connectivity index (χ1) is 9.15. The van der Waals surface area contributed by atoms with Crippen molar-refractivity contribution in [2.45, 2.75) is 56.7 Å². The van der Waals surface area contributed by atoms with Gasteiger partial charge < -0.3 is 15.2 Å². The van der Waals surface area contributed by atoms with Crippen molar-refractivity contribution >= 4 is 0 Å². The number of aliphatic hydroxyl groups is 1. The van der Waals surface area contributed by atoms with Crippen molar-refractivity contribution in [1.82, 2.24) is 10.2 Å². The third-order valence-electron chi connectivity index (χ3n) is 5.27. The maximum Gasteiger partial charge on any atom is 0.0613 e. The molecular formula is C15H30N2O2. The molecule has 2 aliphatic rings. The average Bonchev–Trinajstić information content (AvgIpc) is 3.20. The zero-order chi connectivity index (χ0) is 13.9. The minimum absolute atomic E-state index is 0.0563. The summed E-state index contributed by atoms with van der Waals surface area (Å²) in [6.07, 6.45) is 6.08. The number of hydrogen-bond donors (Lipinski definition) is 2. The van der Waals surface area contributed by atoms with E-state index in [0.717, 1.165) is 31.9 Å². The molecular weight excluding hydrogens is 240 g/mol. The standard InChI is InChI=1S/C15H30N2O2/c1-12(13-4-5-13)17(8-9-19-3)14-6-7-15(10-14,11-18)16-2/h12-14,16,18H,4-11H2,1-3H3. The van der Waals surface area contributed by atoms with Gasteiger partial charge in [0.05, 0.1) is 13.2 Å². The third kappa shape index (κ3) is 3.48. The highest BCUT2D eigenvalue weighted by molar-refractivity contribution is 5.00. The molecule has 0 saturated heterocycles. The lowest BCUT2D eigenvalue weighted by Crippen LogP contribution is -2.48. The van der Waals surface area contributed by atoms with E-state index in [2.05, 4.69) is 17.1 Å². The van der Waals surface area contributed by atoms with E-state index in [1.807, 2.05) is 7.05 Å². The van der Waals surface area contributed by atoms with Crippen LogP contribution in [0.5, 0.6) is 0 Å². The Morgan fingerprint density at radius 1 is 1.42 bits per heavy atom. The summed E-state index contributed by atoms with van der Waals surface area (Å²) in [5.41, 5.74) is -0.0563.